The number of rotatable bonds is 5. The van der Waals surface area contributed by atoms with Crippen LogP contribution in [0.25, 0.3) is 0 Å². The average Bonchev–Trinajstić information content (AvgIpc) is 2.47. The van der Waals surface area contributed by atoms with Crippen LogP contribution in [0.5, 0.6) is 0 Å². The Morgan fingerprint density at radius 1 is 1.45 bits per heavy atom. The SMILES string of the molecule is CC(C(=O)c1ccc(Cl)cc1)N(C)CC1CCCOC1. The maximum Gasteiger partial charge on any atom is 0.179 e. The van der Waals surface area contributed by atoms with Gasteiger partial charge in [0.2, 0.25) is 0 Å². The Balaban J connectivity index is 1.93. The quantitative estimate of drug-likeness (QED) is 0.781. The van der Waals surface area contributed by atoms with Crippen LogP contribution in [-0.4, -0.2) is 43.5 Å². The van der Waals surface area contributed by atoms with E-state index in [-0.39, 0.29) is 11.8 Å². The molecule has 2 rings (SSSR count). The molecule has 0 aromatic heterocycles. The van der Waals surface area contributed by atoms with Gasteiger partial charge in [-0.25, -0.2) is 0 Å². The molecule has 0 amide bonds. The lowest BCUT2D eigenvalue weighted by Crippen LogP contribution is -2.40. The second-order valence-electron chi connectivity index (χ2n) is 5.57. The summed E-state index contributed by atoms with van der Waals surface area (Å²) in [7, 11) is 2.01. The zero-order valence-corrected chi connectivity index (χ0v) is 12.9. The van der Waals surface area contributed by atoms with Gasteiger partial charge in [-0.3, -0.25) is 9.69 Å². The van der Waals surface area contributed by atoms with E-state index in [0.717, 1.165) is 26.2 Å². The van der Waals surface area contributed by atoms with E-state index in [4.69, 9.17) is 16.3 Å². The lowest BCUT2D eigenvalue weighted by atomic mass is 9.99. The number of halogens is 1. The van der Waals surface area contributed by atoms with E-state index >= 15 is 0 Å². The average molecular weight is 296 g/mol. The predicted molar refractivity (Wildman–Crippen MR) is 81.4 cm³/mol. The Morgan fingerprint density at radius 2 is 2.15 bits per heavy atom. The summed E-state index contributed by atoms with van der Waals surface area (Å²) in [6.45, 7) is 4.55. The van der Waals surface area contributed by atoms with Crippen LogP contribution in [0.3, 0.4) is 0 Å². The molecule has 1 saturated heterocycles. The van der Waals surface area contributed by atoms with Crippen molar-refractivity contribution in [3.63, 3.8) is 0 Å². The third-order valence-corrected chi connectivity index (χ3v) is 4.22. The first-order chi connectivity index (χ1) is 9.58. The largest absolute Gasteiger partial charge is 0.381 e. The normalized spacial score (nSPS) is 20.9. The van der Waals surface area contributed by atoms with E-state index in [9.17, 15) is 4.79 Å². The van der Waals surface area contributed by atoms with Gasteiger partial charge in [0.1, 0.15) is 0 Å². The highest BCUT2D eigenvalue weighted by Gasteiger charge is 2.23. The number of carbonyl (C=O) groups excluding carboxylic acids is 1. The van der Waals surface area contributed by atoms with E-state index in [2.05, 4.69) is 4.90 Å². The third-order valence-electron chi connectivity index (χ3n) is 3.97. The van der Waals surface area contributed by atoms with Crippen molar-refractivity contribution in [2.75, 3.05) is 26.8 Å². The van der Waals surface area contributed by atoms with Crippen molar-refractivity contribution in [3.05, 3.63) is 34.9 Å². The fraction of sp³-hybridized carbons (Fsp3) is 0.562. The van der Waals surface area contributed by atoms with Crippen molar-refractivity contribution in [2.45, 2.75) is 25.8 Å². The molecule has 0 radical (unpaired) electrons. The van der Waals surface area contributed by atoms with E-state index < -0.39 is 0 Å². The summed E-state index contributed by atoms with van der Waals surface area (Å²) in [6.07, 6.45) is 2.31. The lowest BCUT2D eigenvalue weighted by molar-refractivity contribution is 0.0364. The van der Waals surface area contributed by atoms with E-state index in [1.165, 1.54) is 6.42 Å². The van der Waals surface area contributed by atoms with Crippen molar-refractivity contribution >= 4 is 17.4 Å². The monoisotopic (exact) mass is 295 g/mol. The van der Waals surface area contributed by atoms with Crippen molar-refractivity contribution < 1.29 is 9.53 Å². The molecule has 3 nitrogen and oxygen atoms in total. The number of nitrogens with zero attached hydrogens (tertiary/aromatic N) is 1. The van der Waals surface area contributed by atoms with Crippen LogP contribution in [-0.2, 0) is 4.74 Å². The molecular formula is C16H22ClNO2. The summed E-state index contributed by atoms with van der Waals surface area (Å²) in [5.41, 5.74) is 0.716. The van der Waals surface area contributed by atoms with Gasteiger partial charge in [-0.15, -0.1) is 0 Å². The number of hydrogen-bond acceptors (Lipinski definition) is 3. The van der Waals surface area contributed by atoms with Crippen LogP contribution in [0.2, 0.25) is 5.02 Å². The third kappa shape index (κ3) is 4.05. The molecule has 1 aromatic rings. The molecule has 1 aliphatic heterocycles. The van der Waals surface area contributed by atoms with Crippen LogP contribution < -0.4 is 0 Å². The molecule has 0 N–H and O–H groups in total. The molecule has 110 valence electrons. The van der Waals surface area contributed by atoms with Crippen molar-refractivity contribution in [1.82, 2.24) is 4.90 Å². The minimum atomic E-state index is -0.127. The van der Waals surface area contributed by atoms with Gasteiger partial charge in [0.05, 0.1) is 12.6 Å². The van der Waals surface area contributed by atoms with Gasteiger partial charge in [0.25, 0.3) is 0 Å². The van der Waals surface area contributed by atoms with Crippen molar-refractivity contribution in [2.24, 2.45) is 5.92 Å². The molecule has 1 aliphatic rings. The summed E-state index contributed by atoms with van der Waals surface area (Å²) in [4.78, 5) is 14.5. The molecule has 4 heteroatoms. The molecule has 1 heterocycles. The number of hydrogen-bond donors (Lipinski definition) is 0. The van der Waals surface area contributed by atoms with Gasteiger partial charge in [0.15, 0.2) is 5.78 Å². The molecule has 20 heavy (non-hydrogen) atoms. The van der Waals surface area contributed by atoms with Gasteiger partial charge in [-0.1, -0.05) is 11.6 Å². The number of carbonyl (C=O) groups is 1. The van der Waals surface area contributed by atoms with Gasteiger partial charge in [-0.05, 0) is 57.0 Å². The second kappa shape index (κ2) is 7.21. The highest BCUT2D eigenvalue weighted by Crippen LogP contribution is 2.17. The van der Waals surface area contributed by atoms with Crippen molar-refractivity contribution in [3.8, 4) is 0 Å². The molecule has 0 aliphatic carbocycles. The predicted octanol–water partition coefficient (Wildman–Crippen LogP) is 3.27. The first-order valence-electron chi connectivity index (χ1n) is 7.15. The highest BCUT2D eigenvalue weighted by atomic mass is 35.5. The highest BCUT2D eigenvalue weighted by molar-refractivity contribution is 6.30. The van der Waals surface area contributed by atoms with Gasteiger partial charge < -0.3 is 4.74 Å². The zero-order valence-electron chi connectivity index (χ0n) is 12.1. The number of ether oxygens (including phenoxy) is 1. The van der Waals surface area contributed by atoms with E-state index in [0.29, 0.717) is 16.5 Å². The Kier molecular flexibility index (Phi) is 5.58. The Bertz CT molecular complexity index is 440. The number of likely N-dealkylation sites (N-methyl/N-ethyl adjacent to an activating group) is 1. The fourth-order valence-corrected chi connectivity index (χ4v) is 2.70. The summed E-state index contributed by atoms with van der Waals surface area (Å²) >= 11 is 5.85. The van der Waals surface area contributed by atoms with E-state index in [1.807, 2.05) is 14.0 Å². The fourth-order valence-electron chi connectivity index (χ4n) is 2.57. The Hall–Kier alpha value is -0.900. The number of benzene rings is 1. The minimum absolute atomic E-state index is 0.127. The van der Waals surface area contributed by atoms with Crippen LogP contribution >= 0.6 is 11.6 Å². The molecule has 2 unspecified atom stereocenters. The second-order valence-corrected chi connectivity index (χ2v) is 6.01. The Labute approximate surface area is 125 Å². The summed E-state index contributed by atoms with van der Waals surface area (Å²) < 4.78 is 5.49. The molecule has 1 fully saturated rings. The molecule has 0 spiro atoms. The summed E-state index contributed by atoms with van der Waals surface area (Å²) in [6, 6.07) is 6.97. The molecule has 0 bridgehead atoms. The van der Waals surface area contributed by atoms with Crippen LogP contribution in [0, 0.1) is 5.92 Å². The van der Waals surface area contributed by atoms with Gasteiger partial charge >= 0.3 is 0 Å². The van der Waals surface area contributed by atoms with Crippen LogP contribution in [0.15, 0.2) is 24.3 Å². The Morgan fingerprint density at radius 3 is 2.75 bits per heavy atom. The maximum atomic E-state index is 12.4. The van der Waals surface area contributed by atoms with Gasteiger partial charge in [0, 0.05) is 23.7 Å². The maximum absolute atomic E-state index is 12.4. The smallest absolute Gasteiger partial charge is 0.179 e. The summed E-state index contributed by atoms with van der Waals surface area (Å²) in [5.74, 6) is 0.676. The molecular weight excluding hydrogens is 274 g/mol. The van der Waals surface area contributed by atoms with E-state index in [1.54, 1.807) is 24.3 Å². The number of Topliss-reactive ketones (excluding diaryl/α,β-unsaturated/α-hetero) is 1. The molecule has 2 atom stereocenters. The minimum Gasteiger partial charge on any atom is -0.381 e. The van der Waals surface area contributed by atoms with Crippen molar-refractivity contribution in [1.29, 1.82) is 0 Å². The molecule has 1 aromatic carbocycles. The zero-order chi connectivity index (χ0) is 14.5. The first-order valence-corrected chi connectivity index (χ1v) is 7.53. The first kappa shape index (κ1) is 15.5. The van der Waals surface area contributed by atoms with Gasteiger partial charge in [-0.2, -0.15) is 0 Å². The topological polar surface area (TPSA) is 29.5 Å². The van der Waals surface area contributed by atoms with Crippen LogP contribution in [0.1, 0.15) is 30.1 Å². The molecule has 0 saturated carbocycles. The standard InChI is InChI=1S/C16H22ClNO2/c1-12(16(19)14-5-7-15(17)8-6-14)18(2)10-13-4-3-9-20-11-13/h5-8,12-13H,3-4,9-11H2,1-2H3. The lowest BCUT2D eigenvalue weighted by Gasteiger charge is -2.30. The summed E-state index contributed by atoms with van der Waals surface area (Å²) in [5, 5.41) is 0.655. The number of ketones is 1. The van der Waals surface area contributed by atoms with Crippen LogP contribution in [0.4, 0.5) is 0 Å².